The van der Waals surface area contributed by atoms with Crippen LogP contribution in [-0.2, 0) is 4.79 Å². The van der Waals surface area contributed by atoms with Gasteiger partial charge in [0.05, 0.1) is 13.1 Å². The van der Waals surface area contributed by atoms with Crippen molar-refractivity contribution in [3.8, 4) is 0 Å². The molecule has 1 heterocycles. The summed E-state index contributed by atoms with van der Waals surface area (Å²) in [5.74, 6) is 1.04. The Morgan fingerprint density at radius 2 is 2.46 bits per heavy atom. The van der Waals surface area contributed by atoms with Gasteiger partial charge >= 0.3 is 0 Å². The van der Waals surface area contributed by atoms with E-state index in [1.807, 2.05) is 13.8 Å². The second kappa shape index (κ2) is 5.11. The van der Waals surface area contributed by atoms with Crippen molar-refractivity contribution in [1.29, 1.82) is 0 Å². The molecule has 2 N–H and O–H groups in total. The minimum absolute atomic E-state index is 0.0187. The molecule has 0 aromatic carbocycles. The summed E-state index contributed by atoms with van der Waals surface area (Å²) in [7, 11) is 0. The Balaban J connectivity index is 2.14. The molecule has 1 aliphatic heterocycles. The first-order chi connectivity index (χ1) is 6.18. The fourth-order valence-electron chi connectivity index (χ4n) is 0.971. The van der Waals surface area contributed by atoms with Crippen LogP contribution in [0.25, 0.3) is 0 Å². The molecule has 13 heavy (non-hydrogen) atoms. The molecule has 0 unspecified atom stereocenters. The molecule has 0 radical (unpaired) electrons. The van der Waals surface area contributed by atoms with Crippen molar-refractivity contribution < 1.29 is 4.79 Å². The first-order valence-electron chi connectivity index (χ1n) is 4.39. The predicted molar refractivity (Wildman–Crippen MR) is 56.0 cm³/mol. The van der Waals surface area contributed by atoms with E-state index < -0.39 is 0 Å². The van der Waals surface area contributed by atoms with Gasteiger partial charge in [0.2, 0.25) is 5.91 Å². The van der Waals surface area contributed by atoms with E-state index in [2.05, 4.69) is 15.6 Å². The number of carbonyl (C=O) groups excluding carboxylic acids is 1. The quantitative estimate of drug-likeness (QED) is 0.686. The summed E-state index contributed by atoms with van der Waals surface area (Å²) < 4.78 is 0. The van der Waals surface area contributed by atoms with Gasteiger partial charge < -0.3 is 10.6 Å². The fraction of sp³-hybridized carbons (Fsp3) is 0.750. The van der Waals surface area contributed by atoms with Crippen molar-refractivity contribution in [2.45, 2.75) is 19.9 Å². The highest BCUT2D eigenvalue weighted by Crippen LogP contribution is 2.08. The molecule has 0 bridgehead atoms. The lowest BCUT2D eigenvalue weighted by atomic mass is 10.4. The Bertz CT molecular complexity index is 215. The number of amides is 1. The van der Waals surface area contributed by atoms with Gasteiger partial charge in [0.15, 0.2) is 5.17 Å². The SMILES string of the molecule is CC(C)NC(=O)CNC1=NCCS1. The molecule has 0 saturated carbocycles. The maximum atomic E-state index is 11.2. The third-order valence-corrected chi connectivity index (χ3v) is 2.37. The standard InChI is InChI=1S/C8H15N3OS/c1-6(2)11-7(12)5-10-8-9-3-4-13-8/h6H,3-5H2,1-2H3,(H,9,10)(H,11,12). The van der Waals surface area contributed by atoms with E-state index in [0.717, 1.165) is 17.5 Å². The highest BCUT2D eigenvalue weighted by atomic mass is 32.2. The summed E-state index contributed by atoms with van der Waals surface area (Å²) >= 11 is 1.66. The minimum atomic E-state index is 0.0187. The molecule has 0 fully saturated rings. The highest BCUT2D eigenvalue weighted by Gasteiger charge is 2.08. The zero-order valence-corrected chi connectivity index (χ0v) is 8.78. The first kappa shape index (κ1) is 10.4. The van der Waals surface area contributed by atoms with Gasteiger partial charge in [-0.3, -0.25) is 9.79 Å². The number of nitrogens with one attached hydrogen (secondary N) is 2. The van der Waals surface area contributed by atoms with E-state index in [9.17, 15) is 4.79 Å². The van der Waals surface area contributed by atoms with Crippen LogP contribution in [0.2, 0.25) is 0 Å². The molecule has 4 nitrogen and oxygen atoms in total. The van der Waals surface area contributed by atoms with Crippen molar-refractivity contribution in [3.63, 3.8) is 0 Å². The van der Waals surface area contributed by atoms with Gasteiger partial charge in [-0.2, -0.15) is 0 Å². The summed E-state index contributed by atoms with van der Waals surface area (Å²) in [6.45, 7) is 5.07. The van der Waals surface area contributed by atoms with Crippen LogP contribution >= 0.6 is 11.8 Å². The predicted octanol–water partition coefficient (Wildman–Crippen LogP) is 0.203. The average molecular weight is 201 g/mol. The monoisotopic (exact) mass is 201 g/mol. The van der Waals surface area contributed by atoms with Crippen molar-refractivity contribution in [3.05, 3.63) is 0 Å². The highest BCUT2D eigenvalue weighted by molar-refractivity contribution is 8.14. The van der Waals surface area contributed by atoms with Crippen molar-refractivity contribution in [2.24, 2.45) is 4.99 Å². The van der Waals surface area contributed by atoms with Crippen LogP contribution in [0, 0.1) is 0 Å². The summed E-state index contributed by atoms with van der Waals surface area (Å²) in [4.78, 5) is 15.3. The maximum Gasteiger partial charge on any atom is 0.239 e. The third-order valence-electron chi connectivity index (χ3n) is 1.44. The van der Waals surface area contributed by atoms with E-state index in [1.165, 1.54) is 0 Å². The molecule has 74 valence electrons. The number of thioether (sulfide) groups is 1. The zero-order valence-electron chi connectivity index (χ0n) is 7.96. The topological polar surface area (TPSA) is 53.5 Å². The third kappa shape index (κ3) is 4.17. The van der Waals surface area contributed by atoms with Gasteiger partial charge in [-0.25, -0.2) is 0 Å². The Morgan fingerprint density at radius 3 is 3.00 bits per heavy atom. The number of nitrogens with zero attached hydrogens (tertiary/aromatic N) is 1. The van der Waals surface area contributed by atoms with Crippen LogP contribution in [0.3, 0.4) is 0 Å². The second-order valence-corrected chi connectivity index (χ2v) is 4.19. The molecular weight excluding hydrogens is 186 g/mol. The summed E-state index contributed by atoms with van der Waals surface area (Å²) in [6, 6.07) is 0.201. The van der Waals surface area contributed by atoms with Crippen molar-refractivity contribution >= 4 is 22.8 Å². The number of hydrogen-bond donors (Lipinski definition) is 2. The second-order valence-electron chi connectivity index (χ2n) is 3.11. The molecule has 0 spiro atoms. The Morgan fingerprint density at radius 1 is 1.69 bits per heavy atom. The van der Waals surface area contributed by atoms with Gasteiger partial charge in [0, 0.05) is 11.8 Å². The summed E-state index contributed by atoms with van der Waals surface area (Å²) in [6.07, 6.45) is 0. The zero-order chi connectivity index (χ0) is 9.68. The van der Waals surface area contributed by atoms with Crippen LogP contribution in [-0.4, -0.2) is 36.0 Å². The Labute approximate surface area is 82.6 Å². The van der Waals surface area contributed by atoms with Crippen LogP contribution in [0.4, 0.5) is 0 Å². The molecule has 0 aromatic heterocycles. The van der Waals surface area contributed by atoms with E-state index in [0.29, 0.717) is 6.54 Å². The van der Waals surface area contributed by atoms with Crippen LogP contribution < -0.4 is 10.6 Å². The van der Waals surface area contributed by atoms with E-state index in [4.69, 9.17) is 0 Å². The Hall–Kier alpha value is -0.710. The molecule has 1 aliphatic rings. The van der Waals surface area contributed by atoms with Crippen molar-refractivity contribution in [2.75, 3.05) is 18.8 Å². The average Bonchev–Trinajstić information content (AvgIpc) is 2.51. The molecule has 5 heteroatoms. The molecule has 0 aliphatic carbocycles. The van der Waals surface area contributed by atoms with Crippen molar-refractivity contribution in [1.82, 2.24) is 10.6 Å². The lowest BCUT2D eigenvalue weighted by molar-refractivity contribution is -0.120. The molecule has 0 aromatic rings. The van der Waals surface area contributed by atoms with Crippen LogP contribution in [0.1, 0.15) is 13.8 Å². The molecular formula is C8H15N3OS. The Kier molecular flexibility index (Phi) is 4.08. The molecule has 1 amide bonds. The number of carbonyl (C=O) groups is 1. The van der Waals surface area contributed by atoms with Gasteiger partial charge in [-0.15, -0.1) is 0 Å². The van der Waals surface area contributed by atoms with E-state index in [1.54, 1.807) is 11.8 Å². The van der Waals surface area contributed by atoms with Crippen LogP contribution in [0.5, 0.6) is 0 Å². The summed E-state index contributed by atoms with van der Waals surface area (Å²) in [5, 5.41) is 6.68. The van der Waals surface area contributed by atoms with Crippen LogP contribution in [0.15, 0.2) is 4.99 Å². The number of amidine groups is 1. The lowest BCUT2D eigenvalue weighted by Gasteiger charge is -2.09. The molecule has 0 atom stereocenters. The molecule has 0 saturated heterocycles. The van der Waals surface area contributed by atoms with E-state index >= 15 is 0 Å². The van der Waals surface area contributed by atoms with Gasteiger partial charge in [-0.1, -0.05) is 11.8 Å². The first-order valence-corrected chi connectivity index (χ1v) is 5.37. The molecule has 1 rings (SSSR count). The van der Waals surface area contributed by atoms with Gasteiger partial charge in [-0.05, 0) is 13.8 Å². The number of aliphatic imine (C=N–C) groups is 1. The maximum absolute atomic E-state index is 11.2. The normalized spacial score (nSPS) is 15.8. The van der Waals surface area contributed by atoms with Gasteiger partial charge in [0.1, 0.15) is 0 Å². The lowest BCUT2D eigenvalue weighted by Crippen LogP contribution is -2.38. The largest absolute Gasteiger partial charge is 0.356 e. The summed E-state index contributed by atoms with van der Waals surface area (Å²) in [5.41, 5.74) is 0. The minimum Gasteiger partial charge on any atom is -0.356 e. The van der Waals surface area contributed by atoms with Gasteiger partial charge in [0.25, 0.3) is 0 Å². The van der Waals surface area contributed by atoms with E-state index in [-0.39, 0.29) is 11.9 Å². The number of rotatable bonds is 3. The smallest absolute Gasteiger partial charge is 0.239 e. The fourth-order valence-corrected chi connectivity index (χ4v) is 1.70. The number of hydrogen-bond acceptors (Lipinski definition) is 4.